The second kappa shape index (κ2) is 8.74. The van der Waals surface area contributed by atoms with E-state index in [9.17, 15) is 18.0 Å². The number of piperidine rings is 1. The molecule has 1 aromatic carbocycles. The molecule has 0 atom stereocenters. The van der Waals surface area contributed by atoms with Gasteiger partial charge in [0.2, 0.25) is 5.91 Å². The van der Waals surface area contributed by atoms with E-state index in [0.29, 0.717) is 24.9 Å². The molecule has 3 rings (SSSR count). The average Bonchev–Trinajstić information content (AvgIpc) is 3.22. The van der Waals surface area contributed by atoms with Crippen LogP contribution in [0.4, 0.5) is 13.2 Å². The Balaban J connectivity index is 1.56. The predicted molar refractivity (Wildman–Crippen MR) is 96.3 cm³/mol. The Hall–Kier alpha value is -2.39. The average molecular weight is 396 g/mol. The molecular formula is C19H23F3N4O2. The number of hydrogen-bond donors (Lipinski definition) is 2. The van der Waals surface area contributed by atoms with Gasteiger partial charge in [0, 0.05) is 18.9 Å². The number of carbonyl (C=O) groups is 1. The molecule has 0 unspecified atom stereocenters. The molecule has 0 bridgehead atoms. The lowest BCUT2D eigenvalue weighted by Gasteiger charge is -2.36. The molecule has 0 spiro atoms. The Morgan fingerprint density at radius 1 is 1.21 bits per heavy atom. The molecule has 152 valence electrons. The van der Waals surface area contributed by atoms with Crippen molar-refractivity contribution in [2.24, 2.45) is 0 Å². The molecule has 9 heteroatoms. The number of alkyl halides is 3. The first-order chi connectivity index (χ1) is 13.4. The third kappa shape index (κ3) is 5.11. The molecule has 0 saturated carbocycles. The molecule has 1 fully saturated rings. The van der Waals surface area contributed by atoms with Crippen molar-refractivity contribution in [2.45, 2.75) is 37.7 Å². The number of hydrogen-bond acceptors (Lipinski definition) is 4. The lowest BCUT2D eigenvalue weighted by molar-refractivity contribution is -0.176. The summed E-state index contributed by atoms with van der Waals surface area (Å²) in [7, 11) is 0. The van der Waals surface area contributed by atoms with E-state index in [2.05, 4.69) is 20.5 Å². The van der Waals surface area contributed by atoms with E-state index < -0.39 is 18.3 Å². The molecule has 1 aliphatic heterocycles. The van der Waals surface area contributed by atoms with Crippen LogP contribution in [0.5, 0.6) is 0 Å². The summed E-state index contributed by atoms with van der Waals surface area (Å²) in [5.41, 5.74) is 0.795. The number of carbonyl (C=O) groups excluding carboxylic acids is 1. The van der Waals surface area contributed by atoms with E-state index in [4.69, 9.17) is 0 Å². The molecule has 1 amide bonds. The fourth-order valence-electron chi connectivity index (χ4n) is 3.31. The fraction of sp³-hybridized carbons (Fsp3) is 0.474. The van der Waals surface area contributed by atoms with Gasteiger partial charge in [0.05, 0.1) is 6.61 Å². The first kappa shape index (κ1) is 20.3. The molecule has 2 N–H and O–H groups in total. The zero-order chi connectivity index (χ0) is 20.0. The van der Waals surface area contributed by atoms with E-state index >= 15 is 0 Å². The molecule has 0 radical (unpaired) electrons. The van der Waals surface area contributed by atoms with Gasteiger partial charge in [-0.25, -0.2) is 0 Å². The van der Waals surface area contributed by atoms with Gasteiger partial charge in [-0.3, -0.25) is 9.48 Å². The number of rotatable bonds is 7. The highest BCUT2D eigenvalue weighted by Gasteiger charge is 2.41. The largest absolute Gasteiger partial charge is 0.411 e. The van der Waals surface area contributed by atoms with Gasteiger partial charge in [0.25, 0.3) is 0 Å². The SMILES string of the molecule is O=C(NCc1ccc(COCC(F)(F)F)cc1)C1(n2cccn2)CCNCC1. The highest BCUT2D eigenvalue weighted by Crippen LogP contribution is 2.27. The predicted octanol–water partition coefficient (Wildman–Crippen LogP) is 2.36. The number of amides is 1. The van der Waals surface area contributed by atoms with Crippen molar-refractivity contribution in [1.82, 2.24) is 20.4 Å². The third-order valence-corrected chi connectivity index (χ3v) is 4.81. The highest BCUT2D eigenvalue weighted by atomic mass is 19.4. The number of halogens is 3. The Labute approximate surface area is 161 Å². The number of ether oxygens (including phenoxy) is 1. The zero-order valence-electron chi connectivity index (χ0n) is 15.3. The third-order valence-electron chi connectivity index (χ3n) is 4.81. The van der Waals surface area contributed by atoms with Gasteiger partial charge in [0.1, 0.15) is 12.1 Å². The van der Waals surface area contributed by atoms with Gasteiger partial charge in [-0.2, -0.15) is 18.3 Å². The highest BCUT2D eigenvalue weighted by molar-refractivity contribution is 5.84. The summed E-state index contributed by atoms with van der Waals surface area (Å²) in [5.74, 6) is -0.0877. The molecule has 2 aromatic rings. The first-order valence-corrected chi connectivity index (χ1v) is 9.10. The second-order valence-corrected chi connectivity index (χ2v) is 6.84. The molecule has 28 heavy (non-hydrogen) atoms. The van der Waals surface area contributed by atoms with Gasteiger partial charge in [-0.15, -0.1) is 0 Å². The van der Waals surface area contributed by atoms with Crippen molar-refractivity contribution in [3.05, 3.63) is 53.9 Å². The van der Waals surface area contributed by atoms with Crippen LogP contribution < -0.4 is 10.6 Å². The number of nitrogens with one attached hydrogen (secondary N) is 2. The number of aromatic nitrogens is 2. The van der Waals surface area contributed by atoms with Gasteiger partial charge in [-0.1, -0.05) is 24.3 Å². The van der Waals surface area contributed by atoms with Crippen LogP contribution in [0.2, 0.25) is 0 Å². The molecule has 1 saturated heterocycles. The molecular weight excluding hydrogens is 373 g/mol. The lowest BCUT2D eigenvalue weighted by Crippen LogP contribution is -2.54. The van der Waals surface area contributed by atoms with Crippen LogP contribution >= 0.6 is 0 Å². The van der Waals surface area contributed by atoms with Crippen LogP contribution in [0.3, 0.4) is 0 Å². The maximum atomic E-state index is 13.0. The summed E-state index contributed by atoms with van der Waals surface area (Å²) in [4.78, 5) is 13.0. The minimum Gasteiger partial charge on any atom is -0.367 e. The van der Waals surface area contributed by atoms with E-state index in [1.54, 1.807) is 47.4 Å². The lowest BCUT2D eigenvalue weighted by atomic mass is 9.87. The summed E-state index contributed by atoms with van der Waals surface area (Å²) in [6, 6.07) is 8.75. The standard InChI is InChI=1S/C19H23F3N4O2/c20-19(21,22)14-28-13-16-4-2-15(3-5-16)12-24-17(27)18(6-9-23-10-7-18)26-11-1-8-25-26/h1-5,8,11,23H,6-7,9-10,12-14H2,(H,24,27). The van der Waals surface area contributed by atoms with Crippen LogP contribution in [0, 0.1) is 0 Å². The smallest absolute Gasteiger partial charge is 0.367 e. The second-order valence-electron chi connectivity index (χ2n) is 6.84. The van der Waals surface area contributed by atoms with Crippen molar-refractivity contribution in [3.63, 3.8) is 0 Å². The molecule has 2 heterocycles. The quantitative estimate of drug-likeness (QED) is 0.754. The van der Waals surface area contributed by atoms with Crippen LogP contribution in [0.15, 0.2) is 42.7 Å². The van der Waals surface area contributed by atoms with Gasteiger partial charge in [0.15, 0.2) is 0 Å². The Morgan fingerprint density at radius 3 is 2.50 bits per heavy atom. The minimum atomic E-state index is -4.33. The minimum absolute atomic E-state index is 0.0877. The summed E-state index contributed by atoms with van der Waals surface area (Å²) >= 11 is 0. The van der Waals surface area contributed by atoms with Crippen molar-refractivity contribution in [3.8, 4) is 0 Å². The summed E-state index contributed by atoms with van der Waals surface area (Å²) in [5, 5.41) is 10.5. The van der Waals surface area contributed by atoms with E-state index in [1.807, 2.05) is 0 Å². The van der Waals surface area contributed by atoms with Gasteiger partial charge in [-0.05, 0) is 43.1 Å². The van der Waals surface area contributed by atoms with Gasteiger partial charge < -0.3 is 15.4 Å². The summed E-state index contributed by atoms with van der Waals surface area (Å²) < 4.78 is 42.7. The maximum Gasteiger partial charge on any atom is 0.411 e. The van der Waals surface area contributed by atoms with Gasteiger partial charge >= 0.3 is 6.18 Å². The molecule has 1 aromatic heterocycles. The Kier molecular flexibility index (Phi) is 6.35. The van der Waals surface area contributed by atoms with E-state index in [1.165, 1.54) is 0 Å². The van der Waals surface area contributed by atoms with E-state index in [-0.39, 0.29) is 12.5 Å². The van der Waals surface area contributed by atoms with Crippen molar-refractivity contribution in [2.75, 3.05) is 19.7 Å². The zero-order valence-corrected chi connectivity index (χ0v) is 15.3. The summed E-state index contributed by atoms with van der Waals surface area (Å²) in [6.45, 7) is 0.426. The summed E-state index contributed by atoms with van der Waals surface area (Å²) in [6.07, 6.45) is 0.437. The fourth-order valence-corrected chi connectivity index (χ4v) is 3.31. The van der Waals surface area contributed by atoms with Crippen LogP contribution in [-0.2, 0) is 28.2 Å². The topological polar surface area (TPSA) is 68.2 Å². The Morgan fingerprint density at radius 2 is 1.89 bits per heavy atom. The van der Waals surface area contributed by atoms with Crippen molar-refractivity contribution in [1.29, 1.82) is 0 Å². The van der Waals surface area contributed by atoms with Crippen molar-refractivity contribution >= 4 is 5.91 Å². The maximum absolute atomic E-state index is 13.0. The monoisotopic (exact) mass is 396 g/mol. The Bertz CT molecular complexity index is 754. The normalized spacial score (nSPS) is 16.7. The first-order valence-electron chi connectivity index (χ1n) is 9.10. The van der Waals surface area contributed by atoms with Crippen LogP contribution in [0.1, 0.15) is 24.0 Å². The van der Waals surface area contributed by atoms with Crippen LogP contribution in [-0.4, -0.2) is 41.6 Å². The number of benzene rings is 1. The van der Waals surface area contributed by atoms with E-state index in [0.717, 1.165) is 18.7 Å². The molecule has 0 aliphatic carbocycles. The van der Waals surface area contributed by atoms with Crippen LogP contribution in [0.25, 0.3) is 0 Å². The molecule has 1 aliphatic rings. The number of nitrogens with zero attached hydrogens (tertiary/aromatic N) is 2. The molecule has 6 nitrogen and oxygen atoms in total. The van der Waals surface area contributed by atoms with Crippen molar-refractivity contribution < 1.29 is 22.7 Å².